The van der Waals surface area contributed by atoms with E-state index in [0.717, 1.165) is 0 Å². The van der Waals surface area contributed by atoms with Crippen LogP contribution in [0.1, 0.15) is 6.92 Å². The first-order valence-corrected chi connectivity index (χ1v) is 6.50. The standard InChI is InChI=1S/C14H17N3O3/c1-2-16(7-8-18)14(20)10-17-12-6-4-3-5-11(12)15-9-13(17)19/h3-6,9,18H,2,7-8,10H2,1H3. The first kappa shape index (κ1) is 14.2. The third kappa shape index (κ3) is 2.85. The van der Waals surface area contributed by atoms with E-state index in [0.29, 0.717) is 17.6 Å². The molecule has 2 rings (SSSR count). The van der Waals surface area contributed by atoms with E-state index in [9.17, 15) is 9.59 Å². The molecule has 0 saturated heterocycles. The minimum absolute atomic E-state index is 0.0459. The van der Waals surface area contributed by atoms with Crippen molar-refractivity contribution in [1.29, 1.82) is 0 Å². The fourth-order valence-electron chi connectivity index (χ4n) is 2.09. The summed E-state index contributed by atoms with van der Waals surface area (Å²) in [4.78, 5) is 29.6. The first-order chi connectivity index (χ1) is 9.67. The van der Waals surface area contributed by atoms with E-state index in [4.69, 9.17) is 5.11 Å². The summed E-state index contributed by atoms with van der Waals surface area (Å²) in [5.41, 5.74) is 0.996. The molecule has 106 valence electrons. The lowest BCUT2D eigenvalue weighted by Gasteiger charge is -2.20. The zero-order valence-electron chi connectivity index (χ0n) is 11.3. The SMILES string of the molecule is CCN(CCO)C(=O)Cn1c(=O)cnc2ccccc21. The van der Waals surface area contributed by atoms with Crippen LogP contribution in [0, 0.1) is 0 Å². The van der Waals surface area contributed by atoms with E-state index < -0.39 is 0 Å². The number of carbonyl (C=O) groups is 1. The van der Waals surface area contributed by atoms with E-state index >= 15 is 0 Å². The van der Waals surface area contributed by atoms with Crippen molar-refractivity contribution in [2.75, 3.05) is 19.7 Å². The summed E-state index contributed by atoms with van der Waals surface area (Å²) in [7, 11) is 0. The van der Waals surface area contributed by atoms with Crippen LogP contribution >= 0.6 is 0 Å². The molecule has 2 aromatic rings. The Morgan fingerprint density at radius 1 is 1.40 bits per heavy atom. The molecule has 0 aliphatic rings. The molecule has 6 nitrogen and oxygen atoms in total. The number of rotatable bonds is 5. The van der Waals surface area contributed by atoms with Crippen molar-refractivity contribution >= 4 is 16.9 Å². The summed E-state index contributed by atoms with van der Waals surface area (Å²) >= 11 is 0. The Kier molecular flexibility index (Phi) is 4.47. The van der Waals surface area contributed by atoms with Gasteiger partial charge >= 0.3 is 0 Å². The highest BCUT2D eigenvalue weighted by Crippen LogP contribution is 2.08. The number of likely N-dealkylation sites (N-methyl/N-ethyl adjacent to an activating group) is 1. The summed E-state index contributed by atoms with van der Waals surface area (Å²) in [6.45, 7) is 2.46. The largest absolute Gasteiger partial charge is 0.395 e. The van der Waals surface area contributed by atoms with Crippen LogP contribution in [0.4, 0.5) is 0 Å². The summed E-state index contributed by atoms with van der Waals surface area (Å²) in [6.07, 6.45) is 1.22. The van der Waals surface area contributed by atoms with Gasteiger partial charge in [-0.2, -0.15) is 0 Å². The molecule has 0 atom stereocenters. The van der Waals surface area contributed by atoms with Crippen molar-refractivity contribution in [2.45, 2.75) is 13.5 Å². The normalized spacial score (nSPS) is 10.7. The minimum Gasteiger partial charge on any atom is -0.395 e. The van der Waals surface area contributed by atoms with Crippen LogP contribution in [-0.4, -0.2) is 45.2 Å². The lowest BCUT2D eigenvalue weighted by Crippen LogP contribution is -2.38. The minimum atomic E-state index is -0.308. The zero-order chi connectivity index (χ0) is 14.5. The molecule has 0 fully saturated rings. The molecule has 0 aliphatic heterocycles. The molecule has 0 bridgehead atoms. The average Bonchev–Trinajstić information content (AvgIpc) is 2.47. The predicted molar refractivity (Wildman–Crippen MR) is 75.3 cm³/mol. The van der Waals surface area contributed by atoms with Gasteiger partial charge in [-0.1, -0.05) is 12.1 Å². The van der Waals surface area contributed by atoms with Gasteiger partial charge in [0.25, 0.3) is 5.56 Å². The first-order valence-electron chi connectivity index (χ1n) is 6.50. The third-order valence-electron chi connectivity index (χ3n) is 3.15. The van der Waals surface area contributed by atoms with Crippen molar-refractivity contribution in [2.24, 2.45) is 0 Å². The number of para-hydroxylation sites is 2. The van der Waals surface area contributed by atoms with Crippen molar-refractivity contribution in [3.8, 4) is 0 Å². The molecule has 0 saturated carbocycles. The van der Waals surface area contributed by atoms with E-state index in [1.807, 2.05) is 13.0 Å². The second-order valence-corrected chi connectivity index (χ2v) is 4.37. The van der Waals surface area contributed by atoms with Gasteiger partial charge < -0.3 is 10.0 Å². The molecule has 1 aromatic heterocycles. The highest BCUT2D eigenvalue weighted by molar-refractivity contribution is 5.80. The molecule has 20 heavy (non-hydrogen) atoms. The third-order valence-corrected chi connectivity index (χ3v) is 3.15. The molecule has 1 amide bonds. The quantitative estimate of drug-likeness (QED) is 0.848. The van der Waals surface area contributed by atoms with Crippen LogP contribution in [-0.2, 0) is 11.3 Å². The molecule has 1 N–H and O–H groups in total. The van der Waals surface area contributed by atoms with E-state index in [-0.39, 0.29) is 31.2 Å². The fraction of sp³-hybridized carbons (Fsp3) is 0.357. The topological polar surface area (TPSA) is 75.4 Å². The second kappa shape index (κ2) is 6.29. The zero-order valence-corrected chi connectivity index (χ0v) is 11.3. The number of benzene rings is 1. The van der Waals surface area contributed by atoms with Gasteiger partial charge in [0.05, 0.1) is 23.8 Å². The summed E-state index contributed by atoms with van der Waals surface area (Å²) < 4.78 is 1.41. The highest BCUT2D eigenvalue weighted by atomic mass is 16.3. The fourth-order valence-corrected chi connectivity index (χ4v) is 2.09. The van der Waals surface area contributed by atoms with Crippen LogP contribution in [0.5, 0.6) is 0 Å². The van der Waals surface area contributed by atoms with Crippen molar-refractivity contribution < 1.29 is 9.90 Å². The molecule has 0 spiro atoms. The molecule has 6 heteroatoms. The maximum atomic E-state index is 12.2. The summed E-state index contributed by atoms with van der Waals surface area (Å²) in [5.74, 6) is -0.194. The number of aliphatic hydroxyl groups is 1. The number of fused-ring (bicyclic) bond motifs is 1. The number of aliphatic hydroxyl groups excluding tert-OH is 1. The van der Waals surface area contributed by atoms with Gasteiger partial charge in [0.15, 0.2) is 0 Å². The Morgan fingerprint density at radius 3 is 2.85 bits per heavy atom. The Hall–Kier alpha value is -2.21. The number of hydrogen-bond acceptors (Lipinski definition) is 4. The number of amides is 1. The molecular formula is C14H17N3O3. The Bertz CT molecular complexity index is 666. The predicted octanol–water partition coefficient (Wildman–Crippen LogP) is 0.237. The van der Waals surface area contributed by atoms with Crippen LogP contribution in [0.3, 0.4) is 0 Å². The van der Waals surface area contributed by atoms with Crippen molar-refractivity contribution in [1.82, 2.24) is 14.5 Å². The van der Waals surface area contributed by atoms with Crippen LogP contribution in [0.15, 0.2) is 35.3 Å². The monoisotopic (exact) mass is 275 g/mol. The number of carbonyl (C=O) groups excluding carboxylic acids is 1. The molecule has 1 aromatic carbocycles. The number of hydrogen-bond donors (Lipinski definition) is 1. The molecule has 0 unspecified atom stereocenters. The molecular weight excluding hydrogens is 258 g/mol. The Balaban J connectivity index is 2.36. The van der Waals surface area contributed by atoms with Crippen LogP contribution in [0.2, 0.25) is 0 Å². The van der Waals surface area contributed by atoms with Gasteiger partial charge in [-0.3, -0.25) is 14.2 Å². The van der Waals surface area contributed by atoms with Gasteiger partial charge in [-0.15, -0.1) is 0 Å². The van der Waals surface area contributed by atoms with Crippen molar-refractivity contribution in [3.05, 3.63) is 40.8 Å². The van der Waals surface area contributed by atoms with Gasteiger partial charge in [0.2, 0.25) is 5.91 Å². The lowest BCUT2D eigenvalue weighted by atomic mass is 10.3. The number of aromatic nitrogens is 2. The van der Waals surface area contributed by atoms with E-state index in [1.165, 1.54) is 15.7 Å². The molecule has 0 radical (unpaired) electrons. The summed E-state index contributed by atoms with van der Waals surface area (Å²) in [6, 6.07) is 7.19. The smallest absolute Gasteiger partial charge is 0.269 e. The lowest BCUT2D eigenvalue weighted by molar-refractivity contribution is -0.132. The maximum absolute atomic E-state index is 12.2. The van der Waals surface area contributed by atoms with E-state index in [1.54, 1.807) is 18.2 Å². The molecule has 0 aliphatic carbocycles. The summed E-state index contributed by atoms with van der Waals surface area (Å²) in [5, 5.41) is 8.94. The second-order valence-electron chi connectivity index (χ2n) is 4.37. The van der Waals surface area contributed by atoms with Gasteiger partial charge in [-0.25, -0.2) is 4.98 Å². The van der Waals surface area contributed by atoms with Gasteiger partial charge in [-0.05, 0) is 19.1 Å². The van der Waals surface area contributed by atoms with Gasteiger partial charge in [0, 0.05) is 13.1 Å². The Morgan fingerprint density at radius 2 is 2.15 bits per heavy atom. The van der Waals surface area contributed by atoms with Crippen LogP contribution < -0.4 is 5.56 Å². The Labute approximate surface area is 116 Å². The highest BCUT2D eigenvalue weighted by Gasteiger charge is 2.14. The van der Waals surface area contributed by atoms with Gasteiger partial charge in [0.1, 0.15) is 6.54 Å². The van der Waals surface area contributed by atoms with Crippen LogP contribution in [0.25, 0.3) is 11.0 Å². The van der Waals surface area contributed by atoms with E-state index in [2.05, 4.69) is 4.98 Å². The van der Waals surface area contributed by atoms with Crippen molar-refractivity contribution in [3.63, 3.8) is 0 Å². The number of nitrogens with zero attached hydrogens (tertiary/aromatic N) is 3. The maximum Gasteiger partial charge on any atom is 0.269 e. The average molecular weight is 275 g/mol. The molecule has 1 heterocycles.